The zero-order valence-corrected chi connectivity index (χ0v) is 19.8. The molecule has 2 heterocycles. The van der Waals surface area contributed by atoms with Gasteiger partial charge in [-0.05, 0) is 73.4 Å². The fourth-order valence-electron chi connectivity index (χ4n) is 4.70. The highest BCUT2D eigenvalue weighted by molar-refractivity contribution is 6.08. The lowest BCUT2D eigenvalue weighted by Gasteiger charge is -2.23. The van der Waals surface area contributed by atoms with Gasteiger partial charge >= 0.3 is 0 Å². The number of fused-ring (bicyclic) bond motifs is 2. The van der Waals surface area contributed by atoms with Crippen LogP contribution in [0.4, 0.5) is 17.1 Å². The van der Waals surface area contributed by atoms with Crippen molar-refractivity contribution in [3.8, 4) is 16.9 Å². The third-order valence-electron chi connectivity index (χ3n) is 6.53. The molecule has 34 heavy (non-hydrogen) atoms. The van der Waals surface area contributed by atoms with Crippen LogP contribution in [0.25, 0.3) is 11.1 Å². The van der Waals surface area contributed by atoms with E-state index in [1.54, 1.807) is 7.11 Å². The molecule has 0 bridgehead atoms. The number of amides is 1. The van der Waals surface area contributed by atoms with E-state index < -0.39 is 0 Å². The minimum absolute atomic E-state index is 0.0235. The Hall–Kier alpha value is -3.51. The number of methoxy groups -OCH3 is 1. The Balaban J connectivity index is 1.50. The van der Waals surface area contributed by atoms with Gasteiger partial charge in [0.1, 0.15) is 12.4 Å². The van der Waals surface area contributed by atoms with E-state index in [9.17, 15) is 4.79 Å². The van der Waals surface area contributed by atoms with Crippen LogP contribution in [0.2, 0.25) is 0 Å². The number of carbonyl (C=O) groups excluding carboxylic acids is 1. The number of hydrogen-bond acceptors (Lipinski definition) is 5. The molecule has 2 aliphatic heterocycles. The van der Waals surface area contributed by atoms with Gasteiger partial charge in [0.25, 0.3) is 5.91 Å². The van der Waals surface area contributed by atoms with Gasteiger partial charge in [-0.3, -0.25) is 4.79 Å². The molecule has 2 aliphatic rings. The summed E-state index contributed by atoms with van der Waals surface area (Å²) in [6.07, 6.45) is 1.89. The first-order valence-electron chi connectivity index (χ1n) is 11.9. The minimum Gasteiger partial charge on any atom is -0.491 e. The van der Waals surface area contributed by atoms with Crippen molar-refractivity contribution in [1.82, 2.24) is 0 Å². The number of ether oxygens (including phenoxy) is 2. The third kappa shape index (κ3) is 4.46. The van der Waals surface area contributed by atoms with Gasteiger partial charge in [0, 0.05) is 43.1 Å². The number of nitrogens with one attached hydrogen (secondary N) is 2. The highest BCUT2D eigenvalue weighted by Crippen LogP contribution is 2.36. The van der Waals surface area contributed by atoms with E-state index in [1.165, 1.54) is 11.3 Å². The molecule has 2 N–H and O–H groups in total. The number of carbonyl (C=O) groups is 1. The molecule has 0 spiro atoms. The average molecular weight is 458 g/mol. The van der Waals surface area contributed by atoms with Gasteiger partial charge in [-0.2, -0.15) is 0 Å². The summed E-state index contributed by atoms with van der Waals surface area (Å²) in [5.41, 5.74) is 7.09. The average Bonchev–Trinajstić information content (AvgIpc) is 3.26. The predicted octanol–water partition coefficient (Wildman–Crippen LogP) is 5.20. The summed E-state index contributed by atoms with van der Waals surface area (Å²) in [6, 6.07) is 20.5. The fraction of sp³-hybridized carbons (Fsp3) is 0.321. The Morgan fingerprint density at radius 2 is 1.94 bits per heavy atom. The van der Waals surface area contributed by atoms with Gasteiger partial charge in [0.2, 0.25) is 0 Å². The summed E-state index contributed by atoms with van der Waals surface area (Å²) in [5.74, 6) is 0.674. The molecule has 0 fully saturated rings. The van der Waals surface area contributed by atoms with Gasteiger partial charge in [-0.25, -0.2) is 0 Å². The summed E-state index contributed by atoms with van der Waals surface area (Å²) in [4.78, 5) is 15.6. The quantitative estimate of drug-likeness (QED) is 0.499. The number of hydrogen-bond donors (Lipinski definition) is 2. The molecule has 3 aromatic carbocycles. The molecular weight excluding hydrogens is 426 g/mol. The molecule has 3 aromatic rings. The van der Waals surface area contributed by atoms with Crippen molar-refractivity contribution in [1.29, 1.82) is 0 Å². The predicted molar refractivity (Wildman–Crippen MR) is 137 cm³/mol. The molecule has 176 valence electrons. The second-order valence-corrected chi connectivity index (χ2v) is 8.91. The van der Waals surface area contributed by atoms with Crippen LogP contribution >= 0.6 is 0 Å². The van der Waals surface area contributed by atoms with Crippen LogP contribution in [0.3, 0.4) is 0 Å². The highest BCUT2D eigenvalue weighted by Gasteiger charge is 2.25. The maximum absolute atomic E-state index is 13.7. The molecular formula is C28H31N3O3. The lowest BCUT2D eigenvalue weighted by molar-refractivity contribution is 0.0986. The Kier molecular flexibility index (Phi) is 6.41. The molecule has 5 rings (SSSR count). The monoisotopic (exact) mass is 457 g/mol. The molecule has 6 nitrogen and oxygen atoms in total. The van der Waals surface area contributed by atoms with Gasteiger partial charge in [0.05, 0.1) is 18.0 Å². The minimum atomic E-state index is -0.0235. The van der Waals surface area contributed by atoms with E-state index in [2.05, 4.69) is 35.8 Å². The topological polar surface area (TPSA) is 62.8 Å². The van der Waals surface area contributed by atoms with E-state index >= 15 is 0 Å². The zero-order valence-electron chi connectivity index (χ0n) is 19.8. The van der Waals surface area contributed by atoms with Crippen LogP contribution in [-0.4, -0.2) is 45.4 Å². The van der Waals surface area contributed by atoms with E-state index in [0.717, 1.165) is 41.9 Å². The van der Waals surface area contributed by atoms with Gasteiger partial charge in [0.15, 0.2) is 0 Å². The van der Waals surface area contributed by atoms with Crippen LogP contribution in [0.5, 0.6) is 5.75 Å². The van der Waals surface area contributed by atoms with Gasteiger partial charge in [-0.15, -0.1) is 0 Å². The first kappa shape index (κ1) is 22.3. The molecule has 6 heteroatoms. The van der Waals surface area contributed by atoms with Crippen molar-refractivity contribution >= 4 is 23.0 Å². The SMILES string of the molecule is COCCOc1cc(C(=O)N2CCC(C)Nc3ccccc32)ccc1-c1ccc2c(c1)CCN2. The molecule has 0 saturated heterocycles. The second-order valence-electron chi connectivity index (χ2n) is 8.91. The normalized spacial score (nSPS) is 16.6. The zero-order chi connectivity index (χ0) is 23.5. The second kappa shape index (κ2) is 9.77. The largest absolute Gasteiger partial charge is 0.491 e. The molecule has 0 radical (unpaired) electrons. The first-order chi connectivity index (χ1) is 16.6. The number of nitrogens with zero attached hydrogens (tertiary/aromatic N) is 1. The smallest absolute Gasteiger partial charge is 0.258 e. The molecule has 0 saturated carbocycles. The number of benzene rings is 3. The van der Waals surface area contributed by atoms with Crippen molar-refractivity contribution in [3.05, 3.63) is 71.8 Å². The van der Waals surface area contributed by atoms with E-state index in [1.807, 2.05) is 47.4 Å². The van der Waals surface area contributed by atoms with Crippen molar-refractivity contribution in [2.45, 2.75) is 25.8 Å². The van der Waals surface area contributed by atoms with Crippen molar-refractivity contribution in [2.75, 3.05) is 48.9 Å². The molecule has 1 atom stereocenters. The number of para-hydroxylation sites is 2. The van der Waals surface area contributed by atoms with Gasteiger partial charge in [-0.1, -0.05) is 18.2 Å². The maximum atomic E-state index is 13.7. The summed E-state index contributed by atoms with van der Waals surface area (Å²) in [6.45, 7) is 4.67. The van der Waals surface area contributed by atoms with Crippen LogP contribution in [-0.2, 0) is 11.2 Å². The Bertz CT molecular complexity index is 1190. The number of rotatable bonds is 6. The van der Waals surface area contributed by atoms with Gasteiger partial charge < -0.3 is 25.0 Å². The van der Waals surface area contributed by atoms with Crippen molar-refractivity contribution < 1.29 is 14.3 Å². The Labute approximate surface area is 200 Å². The summed E-state index contributed by atoms with van der Waals surface area (Å²) in [5, 5.41) is 6.93. The first-order valence-corrected chi connectivity index (χ1v) is 11.9. The summed E-state index contributed by atoms with van der Waals surface area (Å²) in [7, 11) is 1.66. The lowest BCUT2D eigenvalue weighted by Crippen LogP contribution is -2.32. The lowest BCUT2D eigenvalue weighted by atomic mass is 9.99. The van der Waals surface area contributed by atoms with Crippen LogP contribution in [0, 0.1) is 0 Å². The Morgan fingerprint density at radius 1 is 1.06 bits per heavy atom. The Morgan fingerprint density at radius 3 is 2.82 bits per heavy atom. The van der Waals surface area contributed by atoms with E-state index in [4.69, 9.17) is 9.47 Å². The van der Waals surface area contributed by atoms with Crippen LogP contribution in [0.15, 0.2) is 60.7 Å². The maximum Gasteiger partial charge on any atom is 0.258 e. The van der Waals surface area contributed by atoms with Crippen molar-refractivity contribution in [3.63, 3.8) is 0 Å². The summed E-state index contributed by atoms with van der Waals surface area (Å²) < 4.78 is 11.3. The third-order valence-corrected chi connectivity index (χ3v) is 6.53. The van der Waals surface area contributed by atoms with Crippen LogP contribution < -0.4 is 20.3 Å². The summed E-state index contributed by atoms with van der Waals surface area (Å²) >= 11 is 0. The highest BCUT2D eigenvalue weighted by atomic mass is 16.5. The fourth-order valence-corrected chi connectivity index (χ4v) is 4.70. The standard InChI is InChI=1S/C28H31N3O3/c1-19-12-14-31(26-6-4-3-5-25(26)30-19)28(32)22-7-9-23(27(18-22)34-16-15-33-2)20-8-10-24-21(17-20)11-13-29-24/h3-10,17-19,29-30H,11-16H2,1-2H3. The molecule has 0 aromatic heterocycles. The van der Waals surface area contributed by atoms with E-state index in [0.29, 0.717) is 37.1 Å². The molecule has 0 aliphatic carbocycles. The molecule has 1 amide bonds. The van der Waals surface area contributed by atoms with Crippen molar-refractivity contribution in [2.24, 2.45) is 0 Å². The van der Waals surface area contributed by atoms with Crippen LogP contribution in [0.1, 0.15) is 29.3 Å². The number of anilines is 3. The van der Waals surface area contributed by atoms with E-state index in [-0.39, 0.29) is 5.91 Å². The molecule has 1 unspecified atom stereocenters.